The van der Waals surface area contributed by atoms with Crippen molar-refractivity contribution in [2.75, 3.05) is 0 Å². The predicted octanol–water partition coefficient (Wildman–Crippen LogP) is 0.431. The third-order valence-electron chi connectivity index (χ3n) is 1.62. The van der Waals surface area contributed by atoms with E-state index < -0.39 is 5.91 Å². The van der Waals surface area contributed by atoms with Crippen LogP contribution in [-0.2, 0) is 0 Å². The van der Waals surface area contributed by atoms with Crippen molar-refractivity contribution < 1.29 is 9.21 Å². The molecule has 0 aliphatic rings. The molecule has 3 N–H and O–H groups in total. The Morgan fingerprint density at radius 1 is 1.46 bits per heavy atom. The Kier molecular flexibility index (Phi) is 1.71. The molecule has 0 saturated heterocycles. The fourth-order valence-corrected chi connectivity index (χ4v) is 1.03. The fourth-order valence-electron chi connectivity index (χ4n) is 1.03. The van der Waals surface area contributed by atoms with E-state index in [-0.39, 0.29) is 5.89 Å². The zero-order valence-electron chi connectivity index (χ0n) is 6.65. The molecule has 0 bridgehead atoms. The number of rotatable bonds is 1. The summed E-state index contributed by atoms with van der Waals surface area (Å²) in [7, 11) is 0. The third kappa shape index (κ3) is 1.25. The average molecular weight is 177 g/mol. The van der Waals surface area contributed by atoms with E-state index in [0.717, 1.165) is 0 Å². The summed E-state index contributed by atoms with van der Waals surface area (Å²) < 4.78 is 5.12. The minimum Gasteiger partial charge on any atom is -0.432 e. The first-order valence-corrected chi connectivity index (χ1v) is 3.68. The number of hydrazine groups is 1. The van der Waals surface area contributed by atoms with Crippen LogP contribution in [0, 0.1) is 0 Å². The lowest BCUT2D eigenvalue weighted by molar-refractivity contribution is 0.0921. The van der Waals surface area contributed by atoms with E-state index in [1.54, 1.807) is 18.2 Å². The molecule has 2 aromatic rings. The molecule has 5 nitrogen and oxygen atoms in total. The average Bonchev–Trinajstić information content (AvgIpc) is 2.59. The van der Waals surface area contributed by atoms with Gasteiger partial charge in [-0.2, -0.15) is 0 Å². The molecule has 0 aliphatic heterocycles. The number of fused-ring (bicyclic) bond motifs is 1. The molecule has 1 aromatic carbocycles. The number of carbonyl (C=O) groups excluding carboxylic acids is 1. The minimum absolute atomic E-state index is 0.0244. The molecule has 0 atom stereocenters. The Morgan fingerprint density at radius 2 is 2.23 bits per heavy atom. The van der Waals surface area contributed by atoms with Gasteiger partial charge in [-0.1, -0.05) is 12.1 Å². The van der Waals surface area contributed by atoms with Crippen LogP contribution in [0.25, 0.3) is 11.1 Å². The number of nitrogens with two attached hydrogens (primary N) is 1. The Morgan fingerprint density at radius 3 is 2.92 bits per heavy atom. The van der Waals surface area contributed by atoms with Crippen molar-refractivity contribution in [1.29, 1.82) is 0 Å². The summed E-state index contributed by atoms with van der Waals surface area (Å²) in [6, 6.07) is 7.11. The molecule has 0 aliphatic carbocycles. The molecule has 1 heterocycles. The minimum atomic E-state index is -0.531. The number of nitrogen functional groups attached to an aromatic ring is 1. The van der Waals surface area contributed by atoms with Crippen LogP contribution in [0.1, 0.15) is 10.7 Å². The van der Waals surface area contributed by atoms with Gasteiger partial charge in [0.2, 0.25) is 0 Å². The van der Waals surface area contributed by atoms with Crippen LogP contribution in [0.3, 0.4) is 0 Å². The summed E-state index contributed by atoms with van der Waals surface area (Å²) in [4.78, 5) is 14.9. The Balaban J connectivity index is 2.56. The summed E-state index contributed by atoms with van der Waals surface area (Å²) in [5.41, 5.74) is 3.16. The predicted molar refractivity (Wildman–Crippen MR) is 45.7 cm³/mol. The number of aromatic nitrogens is 1. The van der Waals surface area contributed by atoms with Gasteiger partial charge >= 0.3 is 5.91 Å². The van der Waals surface area contributed by atoms with Crippen LogP contribution in [0.15, 0.2) is 28.7 Å². The van der Waals surface area contributed by atoms with E-state index in [4.69, 9.17) is 10.3 Å². The first kappa shape index (κ1) is 7.75. The van der Waals surface area contributed by atoms with Crippen molar-refractivity contribution in [3.63, 3.8) is 0 Å². The second kappa shape index (κ2) is 2.87. The van der Waals surface area contributed by atoms with Gasteiger partial charge in [0.05, 0.1) is 0 Å². The Labute approximate surface area is 73.5 Å². The lowest BCUT2D eigenvalue weighted by Gasteiger charge is -1.88. The second-order valence-electron chi connectivity index (χ2n) is 2.46. The normalized spacial score (nSPS) is 10.2. The number of hydrogen-bond acceptors (Lipinski definition) is 4. The van der Waals surface area contributed by atoms with E-state index in [9.17, 15) is 4.79 Å². The first-order chi connectivity index (χ1) is 6.31. The van der Waals surface area contributed by atoms with Gasteiger partial charge in [0.25, 0.3) is 5.89 Å². The number of nitrogens with zero attached hydrogens (tertiary/aromatic N) is 1. The maximum Gasteiger partial charge on any atom is 0.321 e. The number of para-hydroxylation sites is 2. The highest BCUT2D eigenvalue weighted by Gasteiger charge is 2.11. The zero-order chi connectivity index (χ0) is 9.26. The van der Waals surface area contributed by atoms with Crippen molar-refractivity contribution in [3.8, 4) is 0 Å². The summed E-state index contributed by atoms with van der Waals surface area (Å²) in [6.45, 7) is 0. The standard InChI is InChI=1S/C8H7N3O2/c9-11-7(12)8-10-5-3-1-2-4-6(5)13-8/h1-4H,9H2,(H,11,12). The van der Waals surface area contributed by atoms with Crippen LogP contribution >= 0.6 is 0 Å². The molecule has 13 heavy (non-hydrogen) atoms. The molecule has 1 amide bonds. The molecule has 0 spiro atoms. The van der Waals surface area contributed by atoms with Crippen LogP contribution in [-0.4, -0.2) is 10.9 Å². The van der Waals surface area contributed by atoms with Crippen LogP contribution < -0.4 is 11.3 Å². The quantitative estimate of drug-likeness (QED) is 0.376. The first-order valence-electron chi connectivity index (χ1n) is 3.68. The topological polar surface area (TPSA) is 81.1 Å². The van der Waals surface area contributed by atoms with Crippen LogP contribution in [0.5, 0.6) is 0 Å². The van der Waals surface area contributed by atoms with E-state index in [0.29, 0.717) is 11.1 Å². The number of carbonyl (C=O) groups is 1. The molecule has 1 aromatic heterocycles. The summed E-state index contributed by atoms with van der Waals surface area (Å²) in [6.07, 6.45) is 0. The smallest absolute Gasteiger partial charge is 0.321 e. The fraction of sp³-hybridized carbons (Fsp3) is 0. The van der Waals surface area contributed by atoms with Gasteiger partial charge in [0.1, 0.15) is 5.52 Å². The van der Waals surface area contributed by atoms with Crippen molar-refractivity contribution >= 4 is 17.0 Å². The van der Waals surface area contributed by atoms with Crippen molar-refractivity contribution in [3.05, 3.63) is 30.2 Å². The summed E-state index contributed by atoms with van der Waals surface area (Å²) in [5, 5.41) is 0. The SMILES string of the molecule is NNC(=O)c1nc2ccccc2o1. The molecule has 0 saturated carbocycles. The van der Waals surface area contributed by atoms with Gasteiger partial charge in [-0.15, -0.1) is 0 Å². The molecule has 66 valence electrons. The molecule has 0 radical (unpaired) electrons. The van der Waals surface area contributed by atoms with Gasteiger partial charge in [-0.3, -0.25) is 10.2 Å². The lowest BCUT2D eigenvalue weighted by atomic mass is 10.3. The van der Waals surface area contributed by atoms with Gasteiger partial charge in [-0.05, 0) is 12.1 Å². The van der Waals surface area contributed by atoms with Gasteiger partial charge in [-0.25, -0.2) is 10.8 Å². The Bertz CT molecular complexity index is 416. The number of benzene rings is 1. The molecular weight excluding hydrogens is 170 g/mol. The number of nitrogens with one attached hydrogen (secondary N) is 1. The zero-order valence-corrected chi connectivity index (χ0v) is 6.65. The summed E-state index contributed by atoms with van der Waals surface area (Å²) >= 11 is 0. The van der Waals surface area contributed by atoms with Crippen molar-refractivity contribution in [2.24, 2.45) is 5.84 Å². The maximum absolute atomic E-state index is 11.0. The monoisotopic (exact) mass is 177 g/mol. The van der Waals surface area contributed by atoms with E-state index >= 15 is 0 Å². The van der Waals surface area contributed by atoms with Gasteiger partial charge in [0, 0.05) is 0 Å². The molecule has 2 rings (SSSR count). The molecule has 0 fully saturated rings. The maximum atomic E-state index is 11.0. The highest BCUT2D eigenvalue weighted by Crippen LogP contribution is 2.13. The number of oxazole rings is 1. The number of amides is 1. The third-order valence-corrected chi connectivity index (χ3v) is 1.62. The lowest BCUT2D eigenvalue weighted by Crippen LogP contribution is -2.30. The van der Waals surface area contributed by atoms with Crippen molar-refractivity contribution in [1.82, 2.24) is 10.4 Å². The summed E-state index contributed by atoms with van der Waals surface area (Å²) in [5.74, 6) is 4.37. The highest BCUT2D eigenvalue weighted by molar-refractivity contribution is 5.91. The van der Waals surface area contributed by atoms with E-state index in [1.807, 2.05) is 11.5 Å². The molecule has 0 unspecified atom stereocenters. The Hall–Kier alpha value is -1.88. The van der Waals surface area contributed by atoms with E-state index in [1.165, 1.54) is 0 Å². The second-order valence-corrected chi connectivity index (χ2v) is 2.46. The van der Waals surface area contributed by atoms with E-state index in [2.05, 4.69) is 4.98 Å². The van der Waals surface area contributed by atoms with Gasteiger partial charge < -0.3 is 4.42 Å². The number of hydrogen-bond donors (Lipinski definition) is 2. The largest absolute Gasteiger partial charge is 0.432 e. The highest BCUT2D eigenvalue weighted by atomic mass is 16.4. The van der Waals surface area contributed by atoms with Crippen LogP contribution in [0.4, 0.5) is 0 Å². The van der Waals surface area contributed by atoms with Crippen molar-refractivity contribution in [2.45, 2.75) is 0 Å². The van der Waals surface area contributed by atoms with Gasteiger partial charge in [0.15, 0.2) is 5.58 Å². The molecular formula is C8H7N3O2. The van der Waals surface area contributed by atoms with Crippen LogP contribution in [0.2, 0.25) is 0 Å². The molecule has 5 heteroatoms.